The number of halogens is 1. The van der Waals surface area contributed by atoms with Crippen LogP contribution in [0.15, 0.2) is 42.7 Å². The Kier molecular flexibility index (Phi) is 4.61. The van der Waals surface area contributed by atoms with Crippen molar-refractivity contribution in [2.75, 3.05) is 12.3 Å². The molecule has 2 aliphatic rings. The Balaban J connectivity index is 1.54. The van der Waals surface area contributed by atoms with E-state index in [9.17, 15) is 9.18 Å². The number of carbonyl (C=O) groups excluding carboxylic acids is 1. The van der Waals surface area contributed by atoms with Crippen molar-refractivity contribution >= 4 is 22.6 Å². The average Bonchev–Trinajstić information content (AvgIpc) is 3.33. The Labute approximate surface area is 150 Å². The molecule has 0 bridgehead atoms. The van der Waals surface area contributed by atoms with Gasteiger partial charge >= 0.3 is 0 Å². The van der Waals surface area contributed by atoms with Crippen LogP contribution < -0.4 is 0 Å². The molecule has 0 spiro atoms. The van der Waals surface area contributed by atoms with Gasteiger partial charge in [-0.3, -0.25) is 9.89 Å². The van der Waals surface area contributed by atoms with Crippen molar-refractivity contribution < 1.29 is 9.18 Å². The van der Waals surface area contributed by atoms with E-state index < -0.39 is 0 Å². The molecule has 0 radical (unpaired) electrons. The van der Waals surface area contributed by atoms with Crippen molar-refractivity contribution in [1.29, 1.82) is 0 Å². The minimum absolute atomic E-state index is 0.0539. The smallest absolute Gasteiger partial charge is 0.230 e. The largest absolute Gasteiger partial charge is 0.335 e. The topological polar surface area (TPSA) is 49.0 Å². The molecule has 1 N–H and O–H groups in total. The summed E-state index contributed by atoms with van der Waals surface area (Å²) in [6.07, 6.45) is 8.77. The minimum Gasteiger partial charge on any atom is -0.335 e. The van der Waals surface area contributed by atoms with Gasteiger partial charge in [0.05, 0.1) is 18.2 Å². The fourth-order valence-corrected chi connectivity index (χ4v) is 4.74. The van der Waals surface area contributed by atoms with Gasteiger partial charge in [0.2, 0.25) is 5.91 Å². The van der Waals surface area contributed by atoms with Gasteiger partial charge in [-0.05, 0) is 37.0 Å². The van der Waals surface area contributed by atoms with Gasteiger partial charge in [-0.25, -0.2) is 4.39 Å². The fourth-order valence-electron chi connectivity index (χ4n) is 3.61. The first-order chi connectivity index (χ1) is 12.2. The molecule has 130 valence electrons. The number of likely N-dealkylation sites (tertiary alicyclic amines) is 1. The Morgan fingerprint density at radius 2 is 2.12 bits per heavy atom. The van der Waals surface area contributed by atoms with E-state index in [1.165, 1.54) is 12.1 Å². The van der Waals surface area contributed by atoms with E-state index in [0.29, 0.717) is 0 Å². The zero-order chi connectivity index (χ0) is 17.2. The highest BCUT2D eigenvalue weighted by Crippen LogP contribution is 2.39. The molecule has 0 aliphatic carbocycles. The number of thioether (sulfide) groups is 1. The van der Waals surface area contributed by atoms with Gasteiger partial charge in [-0.2, -0.15) is 5.10 Å². The Morgan fingerprint density at radius 3 is 2.88 bits per heavy atom. The molecular weight excluding hydrogens is 337 g/mol. The van der Waals surface area contributed by atoms with Gasteiger partial charge in [0.1, 0.15) is 5.82 Å². The number of aromatic nitrogens is 2. The SMILES string of the molecule is O=C(C1C=C(c2cn[nH]c2)SC1)N1CCCCC1c1ccc(F)cc1. The molecule has 2 aliphatic heterocycles. The minimum atomic E-state index is -0.239. The quantitative estimate of drug-likeness (QED) is 0.903. The van der Waals surface area contributed by atoms with Crippen LogP contribution >= 0.6 is 11.8 Å². The standard InChI is InChI=1S/C19H20FN3OS/c20-16-6-4-13(5-7-16)17-3-1-2-8-23(17)19(24)14-9-18(25-12-14)15-10-21-22-11-15/h4-7,9-11,14,17H,1-3,8,12H2,(H,21,22). The van der Waals surface area contributed by atoms with Crippen LogP contribution in [0.25, 0.3) is 4.91 Å². The summed E-state index contributed by atoms with van der Waals surface area (Å²) in [6.45, 7) is 0.775. The number of piperidine rings is 1. The fraction of sp³-hybridized carbons (Fsp3) is 0.368. The third kappa shape index (κ3) is 3.35. The summed E-state index contributed by atoms with van der Waals surface area (Å²) in [4.78, 5) is 16.2. The van der Waals surface area contributed by atoms with Crippen LogP contribution in [0.4, 0.5) is 4.39 Å². The lowest BCUT2D eigenvalue weighted by molar-refractivity contribution is -0.137. The van der Waals surface area contributed by atoms with E-state index in [4.69, 9.17) is 0 Å². The first kappa shape index (κ1) is 16.4. The average molecular weight is 357 g/mol. The molecule has 1 amide bonds. The van der Waals surface area contributed by atoms with E-state index in [0.717, 1.165) is 47.6 Å². The van der Waals surface area contributed by atoms with Gasteiger partial charge in [0, 0.05) is 29.0 Å². The number of rotatable bonds is 3. The zero-order valence-corrected chi connectivity index (χ0v) is 14.6. The van der Waals surface area contributed by atoms with E-state index in [1.54, 1.807) is 18.0 Å². The number of amides is 1. The van der Waals surface area contributed by atoms with Gasteiger partial charge in [-0.15, -0.1) is 11.8 Å². The number of carbonyl (C=O) groups is 1. The molecule has 2 aromatic rings. The Hall–Kier alpha value is -2.08. The van der Waals surface area contributed by atoms with Gasteiger partial charge < -0.3 is 4.90 Å². The van der Waals surface area contributed by atoms with Gasteiger partial charge in [-0.1, -0.05) is 18.2 Å². The maximum absolute atomic E-state index is 13.2. The number of nitrogens with zero attached hydrogens (tertiary/aromatic N) is 2. The summed E-state index contributed by atoms with van der Waals surface area (Å²) in [5.74, 6) is 0.611. The molecule has 1 fully saturated rings. The second-order valence-corrected chi connectivity index (χ2v) is 7.59. The normalized spacial score (nSPS) is 23.6. The molecule has 1 saturated heterocycles. The molecular formula is C19H20FN3OS. The van der Waals surface area contributed by atoms with Crippen molar-refractivity contribution in [3.63, 3.8) is 0 Å². The lowest BCUT2D eigenvalue weighted by Crippen LogP contribution is -2.41. The van der Waals surface area contributed by atoms with Crippen LogP contribution in [-0.4, -0.2) is 33.3 Å². The summed E-state index contributed by atoms with van der Waals surface area (Å²) in [7, 11) is 0. The maximum atomic E-state index is 13.2. The summed E-state index contributed by atoms with van der Waals surface area (Å²) in [6, 6.07) is 6.63. The zero-order valence-electron chi connectivity index (χ0n) is 13.8. The van der Waals surface area contributed by atoms with Crippen LogP contribution in [-0.2, 0) is 4.79 Å². The van der Waals surface area contributed by atoms with Crippen LogP contribution in [0, 0.1) is 11.7 Å². The molecule has 2 unspecified atom stereocenters. The number of benzene rings is 1. The molecule has 4 rings (SSSR count). The first-order valence-corrected chi connectivity index (χ1v) is 9.60. The summed E-state index contributed by atoms with van der Waals surface area (Å²) >= 11 is 1.70. The van der Waals surface area contributed by atoms with Crippen molar-refractivity contribution in [3.05, 3.63) is 59.7 Å². The van der Waals surface area contributed by atoms with Crippen LogP contribution in [0.3, 0.4) is 0 Å². The van der Waals surface area contributed by atoms with Crippen LogP contribution in [0.2, 0.25) is 0 Å². The molecule has 0 saturated carbocycles. The number of hydrogen-bond donors (Lipinski definition) is 1. The van der Waals surface area contributed by atoms with Crippen molar-refractivity contribution in [2.24, 2.45) is 5.92 Å². The molecule has 6 heteroatoms. The van der Waals surface area contributed by atoms with E-state index in [-0.39, 0.29) is 23.7 Å². The predicted molar refractivity (Wildman–Crippen MR) is 97.2 cm³/mol. The highest BCUT2D eigenvalue weighted by Gasteiger charge is 2.34. The third-order valence-electron chi connectivity index (χ3n) is 4.91. The van der Waals surface area contributed by atoms with Gasteiger partial charge in [0.25, 0.3) is 0 Å². The van der Waals surface area contributed by atoms with E-state index in [1.807, 2.05) is 23.2 Å². The Morgan fingerprint density at radius 1 is 1.28 bits per heavy atom. The van der Waals surface area contributed by atoms with E-state index in [2.05, 4.69) is 16.3 Å². The number of aromatic amines is 1. The second kappa shape index (κ2) is 7.04. The second-order valence-electron chi connectivity index (χ2n) is 6.53. The molecule has 1 aromatic carbocycles. The summed E-state index contributed by atoms with van der Waals surface area (Å²) in [5, 5.41) is 6.80. The Bertz CT molecular complexity index is 772. The number of hydrogen-bond acceptors (Lipinski definition) is 3. The first-order valence-electron chi connectivity index (χ1n) is 8.62. The van der Waals surface area contributed by atoms with Gasteiger partial charge in [0.15, 0.2) is 0 Å². The molecule has 4 nitrogen and oxygen atoms in total. The van der Waals surface area contributed by atoms with Crippen molar-refractivity contribution in [2.45, 2.75) is 25.3 Å². The molecule has 2 atom stereocenters. The van der Waals surface area contributed by atoms with Crippen molar-refractivity contribution in [1.82, 2.24) is 15.1 Å². The lowest BCUT2D eigenvalue weighted by atomic mass is 9.93. The maximum Gasteiger partial charge on any atom is 0.230 e. The van der Waals surface area contributed by atoms with Crippen molar-refractivity contribution in [3.8, 4) is 0 Å². The number of H-pyrrole nitrogens is 1. The summed E-state index contributed by atoms with van der Waals surface area (Å²) < 4.78 is 13.2. The monoisotopic (exact) mass is 357 g/mol. The van der Waals surface area contributed by atoms with Crippen LogP contribution in [0.1, 0.15) is 36.4 Å². The van der Waals surface area contributed by atoms with E-state index >= 15 is 0 Å². The molecule has 3 heterocycles. The molecule has 25 heavy (non-hydrogen) atoms. The lowest BCUT2D eigenvalue weighted by Gasteiger charge is -2.37. The number of nitrogens with one attached hydrogen (secondary N) is 1. The highest BCUT2D eigenvalue weighted by atomic mass is 32.2. The predicted octanol–water partition coefficient (Wildman–Crippen LogP) is 4.01. The highest BCUT2D eigenvalue weighted by molar-refractivity contribution is 8.08. The van der Waals surface area contributed by atoms with Crippen LogP contribution in [0.5, 0.6) is 0 Å². The molecule has 1 aromatic heterocycles. The third-order valence-corrected chi connectivity index (χ3v) is 6.12. The summed E-state index contributed by atoms with van der Waals surface area (Å²) in [5.41, 5.74) is 2.06.